The van der Waals surface area contributed by atoms with Crippen LogP contribution in [0, 0.1) is 5.92 Å². The smallest absolute Gasteiger partial charge is 0.146 e. The molecule has 1 atom stereocenters. The van der Waals surface area contributed by atoms with Gasteiger partial charge in [0.25, 0.3) is 0 Å². The van der Waals surface area contributed by atoms with Gasteiger partial charge < -0.3 is 4.43 Å². The molecule has 0 amide bonds. The van der Waals surface area contributed by atoms with Crippen LogP contribution in [0.1, 0.15) is 65.7 Å². The van der Waals surface area contributed by atoms with E-state index in [1.807, 2.05) is 0 Å². The number of unbranched alkanes of at least 4 members (excludes halogenated alkanes) is 2. The van der Waals surface area contributed by atoms with E-state index in [4.69, 9.17) is 4.43 Å². The molecule has 1 nitrogen and oxygen atoms in total. The Hall–Kier alpha value is 0.177. The van der Waals surface area contributed by atoms with Gasteiger partial charge in [0.15, 0.2) is 0 Å². The maximum absolute atomic E-state index is 5.69. The minimum absolute atomic E-state index is 0.555. The van der Waals surface area contributed by atoms with Crippen molar-refractivity contribution in [3.8, 4) is 0 Å². The lowest BCUT2D eigenvalue weighted by Gasteiger charge is -2.25. The number of hydrogen-bond acceptors (Lipinski definition) is 1. The lowest BCUT2D eigenvalue weighted by atomic mass is 9.89. The molecule has 0 spiro atoms. The largest absolute Gasteiger partial charge is 0.425 e. The summed E-state index contributed by atoms with van der Waals surface area (Å²) < 4.78 is 5.69. The van der Waals surface area contributed by atoms with Crippen LogP contribution in [0.25, 0.3) is 0 Å². The van der Waals surface area contributed by atoms with Gasteiger partial charge in [-0.15, -0.1) is 0 Å². The molecule has 0 N–H and O–H groups in total. The molecule has 0 aromatic rings. The van der Waals surface area contributed by atoms with Crippen molar-refractivity contribution in [2.75, 3.05) is 0 Å². The summed E-state index contributed by atoms with van der Waals surface area (Å²) in [5.74, 6) is 0.831. The highest BCUT2D eigenvalue weighted by molar-refractivity contribution is 5.98. The fourth-order valence-electron chi connectivity index (χ4n) is 2.14. The van der Waals surface area contributed by atoms with Gasteiger partial charge in [0, 0.05) is 6.10 Å². The van der Waals surface area contributed by atoms with E-state index in [2.05, 4.69) is 20.8 Å². The number of rotatable bonds is 9. The molecule has 0 heterocycles. The van der Waals surface area contributed by atoms with E-state index in [9.17, 15) is 0 Å². The minimum Gasteiger partial charge on any atom is -0.425 e. The summed E-state index contributed by atoms with van der Waals surface area (Å²) in [7, 11) is 0.897. The second-order valence-electron chi connectivity index (χ2n) is 4.23. The summed E-state index contributed by atoms with van der Waals surface area (Å²) in [5.41, 5.74) is 0. The molecular formula is C12H28OSi. The molecule has 2 heteroatoms. The van der Waals surface area contributed by atoms with Crippen LogP contribution in [-0.2, 0) is 4.43 Å². The quantitative estimate of drug-likeness (QED) is 0.538. The van der Waals surface area contributed by atoms with Crippen LogP contribution >= 0.6 is 0 Å². The van der Waals surface area contributed by atoms with Gasteiger partial charge in [0.2, 0.25) is 0 Å². The molecule has 0 aliphatic carbocycles. The van der Waals surface area contributed by atoms with Crippen molar-refractivity contribution in [1.29, 1.82) is 0 Å². The van der Waals surface area contributed by atoms with E-state index >= 15 is 0 Å². The Bertz CT molecular complexity index is 105. The van der Waals surface area contributed by atoms with Crippen molar-refractivity contribution in [2.45, 2.75) is 71.8 Å². The minimum atomic E-state index is 0.555. The van der Waals surface area contributed by atoms with Crippen molar-refractivity contribution >= 4 is 10.5 Å². The highest BCUT2D eigenvalue weighted by Gasteiger charge is 2.17. The van der Waals surface area contributed by atoms with Gasteiger partial charge in [-0.3, -0.25) is 0 Å². The summed E-state index contributed by atoms with van der Waals surface area (Å²) >= 11 is 0. The average Bonchev–Trinajstić information content (AvgIpc) is 2.22. The first kappa shape index (κ1) is 14.2. The molecule has 0 aliphatic heterocycles. The topological polar surface area (TPSA) is 9.23 Å². The van der Waals surface area contributed by atoms with Gasteiger partial charge >= 0.3 is 0 Å². The first-order valence-electron chi connectivity index (χ1n) is 6.32. The van der Waals surface area contributed by atoms with E-state index in [-0.39, 0.29) is 0 Å². The monoisotopic (exact) mass is 216 g/mol. The van der Waals surface area contributed by atoms with E-state index in [1.165, 1.54) is 44.9 Å². The van der Waals surface area contributed by atoms with Crippen LogP contribution in [0.15, 0.2) is 0 Å². The zero-order valence-electron chi connectivity index (χ0n) is 10.5. The molecule has 0 aromatic carbocycles. The molecule has 86 valence electrons. The maximum atomic E-state index is 5.69. The van der Waals surface area contributed by atoms with Crippen molar-refractivity contribution in [2.24, 2.45) is 5.92 Å². The highest BCUT2D eigenvalue weighted by Crippen LogP contribution is 2.23. The molecule has 0 saturated heterocycles. The van der Waals surface area contributed by atoms with Crippen LogP contribution in [0.5, 0.6) is 0 Å². The average molecular weight is 216 g/mol. The van der Waals surface area contributed by atoms with Gasteiger partial charge in [-0.1, -0.05) is 46.5 Å². The van der Waals surface area contributed by atoms with E-state index in [1.54, 1.807) is 0 Å². The van der Waals surface area contributed by atoms with Gasteiger partial charge in [0.05, 0.1) is 0 Å². The van der Waals surface area contributed by atoms with Gasteiger partial charge in [-0.05, 0) is 25.2 Å². The Morgan fingerprint density at radius 1 is 1.00 bits per heavy atom. The molecule has 0 radical (unpaired) electrons. The Kier molecular flexibility index (Phi) is 9.84. The van der Waals surface area contributed by atoms with Crippen LogP contribution in [0.2, 0.25) is 0 Å². The molecule has 1 unspecified atom stereocenters. The maximum Gasteiger partial charge on any atom is 0.146 e. The highest BCUT2D eigenvalue weighted by atomic mass is 28.2. The summed E-state index contributed by atoms with van der Waals surface area (Å²) in [6, 6.07) is 0. The van der Waals surface area contributed by atoms with Crippen molar-refractivity contribution in [3.63, 3.8) is 0 Å². The third-order valence-electron chi connectivity index (χ3n) is 3.09. The first-order chi connectivity index (χ1) is 6.79. The van der Waals surface area contributed by atoms with Crippen LogP contribution < -0.4 is 0 Å². The Morgan fingerprint density at radius 3 is 1.79 bits per heavy atom. The van der Waals surface area contributed by atoms with Crippen molar-refractivity contribution < 1.29 is 4.43 Å². The fraction of sp³-hybridized carbons (Fsp3) is 1.00. The predicted octanol–water partition coefficient (Wildman–Crippen LogP) is 3.06. The number of hydrogen-bond donors (Lipinski definition) is 0. The third kappa shape index (κ3) is 5.81. The summed E-state index contributed by atoms with van der Waals surface area (Å²) in [5, 5.41) is 0. The second-order valence-corrected chi connectivity index (χ2v) is 4.70. The standard InChI is InChI=1S/C12H28OSi/c1-4-7-9-11(10-8-5-2)12(6-3)13-14/h11-12H,4-10H2,1-3,14H3. The Morgan fingerprint density at radius 2 is 1.50 bits per heavy atom. The van der Waals surface area contributed by atoms with Gasteiger partial charge in [-0.25, -0.2) is 0 Å². The van der Waals surface area contributed by atoms with Crippen LogP contribution in [0.3, 0.4) is 0 Å². The lowest BCUT2D eigenvalue weighted by Crippen LogP contribution is -2.22. The molecule has 0 saturated carbocycles. The molecule has 14 heavy (non-hydrogen) atoms. The zero-order valence-corrected chi connectivity index (χ0v) is 12.5. The molecule has 0 fully saturated rings. The molecule has 0 aromatic heterocycles. The lowest BCUT2D eigenvalue weighted by molar-refractivity contribution is 0.126. The van der Waals surface area contributed by atoms with E-state index in [0.717, 1.165) is 16.4 Å². The van der Waals surface area contributed by atoms with E-state index < -0.39 is 0 Å². The second kappa shape index (κ2) is 9.72. The summed E-state index contributed by atoms with van der Waals surface area (Å²) in [6.45, 7) is 6.81. The van der Waals surface area contributed by atoms with Crippen molar-refractivity contribution in [1.82, 2.24) is 0 Å². The van der Waals surface area contributed by atoms with Gasteiger partial charge in [0.1, 0.15) is 10.5 Å². The third-order valence-corrected chi connectivity index (χ3v) is 3.69. The fourth-order valence-corrected chi connectivity index (χ4v) is 2.86. The van der Waals surface area contributed by atoms with Crippen molar-refractivity contribution in [3.05, 3.63) is 0 Å². The normalized spacial score (nSPS) is 13.7. The SMILES string of the molecule is CCCCC(CCCC)C(CC)O[SiH3]. The molecule has 0 bridgehead atoms. The molecular weight excluding hydrogens is 188 g/mol. The summed E-state index contributed by atoms with van der Waals surface area (Å²) in [4.78, 5) is 0. The van der Waals surface area contributed by atoms with Crippen LogP contribution in [0.4, 0.5) is 0 Å². The Balaban J connectivity index is 3.92. The summed E-state index contributed by atoms with van der Waals surface area (Å²) in [6.07, 6.45) is 9.88. The molecule has 0 aliphatic rings. The predicted molar refractivity (Wildman–Crippen MR) is 67.6 cm³/mol. The molecule has 0 rings (SSSR count). The van der Waals surface area contributed by atoms with Gasteiger partial charge in [-0.2, -0.15) is 0 Å². The first-order valence-corrected chi connectivity index (χ1v) is 7.14. The Labute approximate surface area is 93.2 Å². The van der Waals surface area contributed by atoms with Crippen LogP contribution in [-0.4, -0.2) is 16.6 Å². The van der Waals surface area contributed by atoms with E-state index in [0.29, 0.717) is 6.10 Å². The zero-order chi connectivity index (χ0) is 10.8.